The van der Waals surface area contributed by atoms with Crippen LogP contribution < -0.4 is 0 Å². The number of fused-ring (bicyclic) bond motifs is 10. The highest BCUT2D eigenvalue weighted by atomic mass is 15.0. The van der Waals surface area contributed by atoms with Gasteiger partial charge in [0.25, 0.3) is 0 Å². The Bertz CT molecular complexity index is 2260. The van der Waals surface area contributed by atoms with E-state index < -0.39 is 0 Å². The van der Waals surface area contributed by atoms with Gasteiger partial charge in [-0.2, -0.15) is 0 Å². The van der Waals surface area contributed by atoms with Crippen molar-refractivity contribution in [2.24, 2.45) is 0 Å². The molecule has 6 aromatic carbocycles. The van der Waals surface area contributed by atoms with Crippen LogP contribution in [-0.2, 0) is 10.8 Å². The SMILES string of the molecule is CC1(C)c2ccccc2-c2cc3cc4c(cc3cc21)c1ccccc1n4-c1cccc2c1C(C)(C)c1ccccc1-2. The van der Waals surface area contributed by atoms with Gasteiger partial charge in [-0.3, -0.25) is 0 Å². The zero-order valence-electron chi connectivity index (χ0n) is 23.9. The Morgan fingerprint density at radius 1 is 0.439 bits per heavy atom. The molecule has 2 aliphatic rings. The molecular formula is C40H31N. The minimum absolute atomic E-state index is 0.00570. The molecule has 0 fully saturated rings. The third kappa shape index (κ3) is 2.81. The van der Waals surface area contributed by atoms with Gasteiger partial charge in [-0.1, -0.05) is 107 Å². The fourth-order valence-electron chi connectivity index (χ4n) is 8.18. The molecule has 2 aliphatic carbocycles. The van der Waals surface area contributed by atoms with Gasteiger partial charge >= 0.3 is 0 Å². The highest BCUT2D eigenvalue weighted by molar-refractivity contribution is 6.14. The van der Waals surface area contributed by atoms with Gasteiger partial charge in [-0.05, 0) is 91.7 Å². The van der Waals surface area contributed by atoms with Crippen molar-refractivity contribution in [2.45, 2.75) is 38.5 Å². The summed E-state index contributed by atoms with van der Waals surface area (Å²) < 4.78 is 2.53. The minimum Gasteiger partial charge on any atom is -0.309 e. The van der Waals surface area contributed by atoms with E-state index in [0.717, 1.165) is 0 Å². The summed E-state index contributed by atoms with van der Waals surface area (Å²) in [6.45, 7) is 9.49. The Morgan fingerprint density at radius 3 is 1.88 bits per heavy atom. The first-order valence-electron chi connectivity index (χ1n) is 14.7. The van der Waals surface area contributed by atoms with Gasteiger partial charge in [0.15, 0.2) is 0 Å². The predicted molar refractivity (Wildman–Crippen MR) is 173 cm³/mol. The van der Waals surface area contributed by atoms with E-state index >= 15 is 0 Å². The molecule has 0 spiro atoms. The van der Waals surface area contributed by atoms with Gasteiger partial charge in [0.1, 0.15) is 0 Å². The zero-order chi connectivity index (χ0) is 27.7. The lowest BCUT2D eigenvalue weighted by atomic mass is 9.81. The Balaban J connectivity index is 1.39. The number of para-hydroxylation sites is 1. The molecule has 0 saturated heterocycles. The quantitative estimate of drug-likeness (QED) is 0.201. The van der Waals surface area contributed by atoms with E-state index in [1.54, 1.807) is 0 Å². The Hall–Kier alpha value is -4.62. The Morgan fingerprint density at radius 2 is 1.07 bits per heavy atom. The molecule has 9 rings (SSSR count). The van der Waals surface area contributed by atoms with Gasteiger partial charge in [0.05, 0.1) is 16.7 Å². The lowest BCUT2D eigenvalue weighted by molar-refractivity contribution is 0.656. The van der Waals surface area contributed by atoms with Gasteiger partial charge in [-0.15, -0.1) is 0 Å². The van der Waals surface area contributed by atoms with Crippen molar-refractivity contribution in [1.82, 2.24) is 4.57 Å². The molecule has 0 amide bonds. The van der Waals surface area contributed by atoms with E-state index in [9.17, 15) is 0 Å². The maximum Gasteiger partial charge on any atom is 0.0547 e. The van der Waals surface area contributed by atoms with Crippen LogP contribution in [0.5, 0.6) is 0 Å². The van der Waals surface area contributed by atoms with Crippen LogP contribution >= 0.6 is 0 Å². The van der Waals surface area contributed by atoms with E-state index in [4.69, 9.17) is 0 Å². The maximum absolute atomic E-state index is 2.53. The number of nitrogens with zero attached hydrogens (tertiary/aromatic N) is 1. The Kier molecular flexibility index (Phi) is 4.26. The summed E-state index contributed by atoms with van der Waals surface area (Å²) in [5.74, 6) is 0. The van der Waals surface area contributed by atoms with E-state index in [-0.39, 0.29) is 10.8 Å². The average Bonchev–Trinajstić information content (AvgIpc) is 3.52. The van der Waals surface area contributed by atoms with Crippen molar-refractivity contribution in [2.75, 3.05) is 0 Å². The molecule has 0 bridgehead atoms. The van der Waals surface area contributed by atoms with Gasteiger partial charge in [0.2, 0.25) is 0 Å². The second kappa shape index (κ2) is 7.56. The molecule has 1 aromatic heterocycles. The fourth-order valence-corrected chi connectivity index (χ4v) is 8.18. The molecule has 7 aromatic rings. The maximum atomic E-state index is 2.53. The molecule has 196 valence electrons. The monoisotopic (exact) mass is 525 g/mol. The van der Waals surface area contributed by atoms with Crippen LogP contribution in [0.3, 0.4) is 0 Å². The second-order valence-electron chi connectivity index (χ2n) is 13.0. The first-order valence-corrected chi connectivity index (χ1v) is 14.7. The molecule has 1 heteroatoms. The number of hydrogen-bond donors (Lipinski definition) is 0. The normalized spacial score (nSPS) is 15.7. The molecular weight excluding hydrogens is 494 g/mol. The molecule has 1 heterocycles. The van der Waals surface area contributed by atoms with Crippen LogP contribution in [-0.4, -0.2) is 4.57 Å². The summed E-state index contributed by atoms with van der Waals surface area (Å²) in [5, 5.41) is 5.22. The Labute approximate surface area is 240 Å². The largest absolute Gasteiger partial charge is 0.309 e. The summed E-state index contributed by atoms with van der Waals surface area (Å²) in [5.41, 5.74) is 14.8. The summed E-state index contributed by atoms with van der Waals surface area (Å²) in [6.07, 6.45) is 0. The number of aromatic nitrogens is 1. The summed E-state index contributed by atoms with van der Waals surface area (Å²) in [7, 11) is 0. The van der Waals surface area contributed by atoms with Crippen molar-refractivity contribution >= 4 is 32.6 Å². The van der Waals surface area contributed by atoms with Crippen molar-refractivity contribution < 1.29 is 0 Å². The summed E-state index contributed by atoms with van der Waals surface area (Å²) in [6, 6.07) is 43.4. The smallest absolute Gasteiger partial charge is 0.0547 e. The molecule has 0 radical (unpaired) electrons. The van der Waals surface area contributed by atoms with Gasteiger partial charge in [-0.25, -0.2) is 0 Å². The van der Waals surface area contributed by atoms with Crippen LogP contribution in [0.4, 0.5) is 0 Å². The van der Waals surface area contributed by atoms with Gasteiger partial charge in [0, 0.05) is 21.6 Å². The topological polar surface area (TPSA) is 4.93 Å². The van der Waals surface area contributed by atoms with Crippen LogP contribution in [0.25, 0.3) is 60.5 Å². The lowest BCUT2D eigenvalue weighted by Crippen LogP contribution is -2.18. The first-order chi connectivity index (χ1) is 19.9. The van der Waals surface area contributed by atoms with Crippen molar-refractivity contribution in [3.8, 4) is 27.9 Å². The number of benzene rings is 6. The first kappa shape index (κ1) is 23.1. The molecule has 0 unspecified atom stereocenters. The second-order valence-corrected chi connectivity index (χ2v) is 13.0. The summed E-state index contributed by atoms with van der Waals surface area (Å²) >= 11 is 0. The van der Waals surface area contributed by atoms with E-state index in [2.05, 4.69) is 148 Å². The predicted octanol–water partition coefficient (Wildman–Crippen LogP) is 10.5. The highest BCUT2D eigenvalue weighted by Gasteiger charge is 2.38. The minimum atomic E-state index is -0.0901. The molecule has 0 atom stereocenters. The van der Waals surface area contributed by atoms with Crippen LogP contribution in [0, 0.1) is 0 Å². The van der Waals surface area contributed by atoms with E-state index in [0.29, 0.717) is 0 Å². The van der Waals surface area contributed by atoms with Crippen molar-refractivity contribution in [1.29, 1.82) is 0 Å². The highest BCUT2D eigenvalue weighted by Crippen LogP contribution is 2.53. The van der Waals surface area contributed by atoms with Gasteiger partial charge < -0.3 is 4.57 Å². The molecule has 41 heavy (non-hydrogen) atoms. The van der Waals surface area contributed by atoms with Crippen LogP contribution in [0.15, 0.2) is 115 Å². The fraction of sp³-hybridized carbons (Fsp3) is 0.150. The van der Waals surface area contributed by atoms with E-state index in [1.807, 2.05) is 0 Å². The molecule has 0 N–H and O–H groups in total. The van der Waals surface area contributed by atoms with E-state index in [1.165, 1.54) is 82.8 Å². The van der Waals surface area contributed by atoms with Crippen molar-refractivity contribution in [3.05, 3.63) is 138 Å². The average molecular weight is 526 g/mol. The molecule has 0 saturated carbocycles. The third-order valence-electron chi connectivity index (χ3n) is 10.1. The number of rotatable bonds is 1. The third-order valence-corrected chi connectivity index (χ3v) is 10.1. The van der Waals surface area contributed by atoms with Crippen LogP contribution in [0.1, 0.15) is 49.9 Å². The van der Waals surface area contributed by atoms with Crippen molar-refractivity contribution in [3.63, 3.8) is 0 Å². The number of hydrogen-bond acceptors (Lipinski definition) is 0. The standard InChI is InChI=1S/C40H31N/c1-39(2)32-16-8-6-13-27(32)30-20-25-23-37-31(21-24(25)22-34(30)39)28-14-7-10-18-35(28)41(37)36-19-11-15-29-26-12-5-9-17-33(26)40(3,4)38(29)36/h5-23H,1-4H3. The molecule has 0 aliphatic heterocycles. The zero-order valence-corrected chi connectivity index (χ0v) is 23.9. The summed E-state index contributed by atoms with van der Waals surface area (Å²) in [4.78, 5) is 0. The van der Waals surface area contributed by atoms with Crippen LogP contribution in [0.2, 0.25) is 0 Å². The lowest BCUT2D eigenvalue weighted by Gasteiger charge is -2.25. The molecule has 1 nitrogen and oxygen atoms in total.